The first kappa shape index (κ1) is 11.4. The molecule has 0 aliphatic heterocycles. The van der Waals surface area contributed by atoms with Gasteiger partial charge in [-0.15, -0.1) is 0 Å². The van der Waals surface area contributed by atoms with E-state index in [1.807, 2.05) is 0 Å². The molecule has 0 saturated heterocycles. The third-order valence-corrected chi connectivity index (χ3v) is 2.87. The molecule has 0 amide bonds. The molecular formula is C12H10FN5O. The number of aromatic hydroxyl groups is 1. The van der Waals surface area contributed by atoms with Gasteiger partial charge < -0.3 is 10.8 Å². The number of aryl methyl sites for hydroxylation is 1. The van der Waals surface area contributed by atoms with Gasteiger partial charge in [0, 0.05) is 12.6 Å². The molecule has 6 nitrogen and oxygen atoms in total. The number of rotatable bonds is 1. The summed E-state index contributed by atoms with van der Waals surface area (Å²) < 4.78 is 14.6. The van der Waals surface area contributed by atoms with Crippen molar-refractivity contribution in [3.05, 3.63) is 30.3 Å². The van der Waals surface area contributed by atoms with Crippen LogP contribution >= 0.6 is 0 Å². The summed E-state index contributed by atoms with van der Waals surface area (Å²) in [6.45, 7) is 0. The Labute approximate surface area is 107 Å². The van der Waals surface area contributed by atoms with Crippen molar-refractivity contribution < 1.29 is 9.50 Å². The lowest BCUT2D eigenvalue weighted by Gasteiger charge is -2.01. The highest BCUT2D eigenvalue weighted by atomic mass is 19.1. The van der Waals surface area contributed by atoms with Gasteiger partial charge in [-0.05, 0) is 18.2 Å². The Morgan fingerprint density at radius 1 is 1.32 bits per heavy atom. The van der Waals surface area contributed by atoms with Crippen LogP contribution in [0.3, 0.4) is 0 Å². The van der Waals surface area contributed by atoms with Crippen molar-refractivity contribution in [2.24, 2.45) is 7.05 Å². The Balaban J connectivity index is 2.33. The van der Waals surface area contributed by atoms with E-state index in [2.05, 4.69) is 15.1 Å². The number of phenols is 1. The van der Waals surface area contributed by atoms with Crippen molar-refractivity contribution >= 4 is 16.9 Å². The van der Waals surface area contributed by atoms with E-state index in [0.29, 0.717) is 22.3 Å². The quantitative estimate of drug-likeness (QED) is 0.690. The van der Waals surface area contributed by atoms with Crippen LogP contribution in [-0.4, -0.2) is 24.9 Å². The summed E-state index contributed by atoms with van der Waals surface area (Å²) in [5.41, 5.74) is 7.46. The molecule has 2 aromatic heterocycles. The fourth-order valence-electron chi connectivity index (χ4n) is 1.97. The summed E-state index contributed by atoms with van der Waals surface area (Å²) in [6, 6.07) is 3.98. The molecular weight excluding hydrogens is 249 g/mol. The van der Waals surface area contributed by atoms with Crippen LogP contribution in [-0.2, 0) is 7.05 Å². The minimum absolute atomic E-state index is 0.289. The van der Waals surface area contributed by atoms with Crippen molar-refractivity contribution in [3.8, 4) is 17.0 Å². The fraction of sp³-hybridized carbons (Fsp3) is 0.0833. The lowest BCUT2D eigenvalue weighted by Crippen LogP contribution is -1.95. The van der Waals surface area contributed by atoms with Crippen molar-refractivity contribution in [3.63, 3.8) is 0 Å². The first-order valence-electron chi connectivity index (χ1n) is 5.50. The van der Waals surface area contributed by atoms with E-state index in [4.69, 9.17) is 5.73 Å². The van der Waals surface area contributed by atoms with Crippen LogP contribution in [0.1, 0.15) is 0 Å². The molecule has 0 bridgehead atoms. The maximum atomic E-state index is 13.1. The summed E-state index contributed by atoms with van der Waals surface area (Å²) in [6.07, 6.45) is 1.35. The molecule has 0 atom stereocenters. The van der Waals surface area contributed by atoms with Crippen LogP contribution in [0.25, 0.3) is 22.3 Å². The molecule has 3 aromatic rings. The van der Waals surface area contributed by atoms with E-state index in [0.717, 1.165) is 0 Å². The van der Waals surface area contributed by atoms with Gasteiger partial charge in [-0.1, -0.05) is 0 Å². The maximum absolute atomic E-state index is 13.1. The van der Waals surface area contributed by atoms with Gasteiger partial charge in [0.25, 0.3) is 0 Å². The fourth-order valence-corrected chi connectivity index (χ4v) is 1.97. The van der Waals surface area contributed by atoms with Gasteiger partial charge in [0.2, 0.25) is 0 Å². The summed E-state index contributed by atoms with van der Waals surface area (Å²) in [5, 5.41) is 14.3. The number of anilines is 1. The van der Waals surface area contributed by atoms with E-state index in [-0.39, 0.29) is 5.82 Å². The van der Waals surface area contributed by atoms with Crippen molar-refractivity contribution in [1.82, 2.24) is 19.7 Å². The van der Waals surface area contributed by atoms with E-state index >= 15 is 0 Å². The highest BCUT2D eigenvalue weighted by Gasteiger charge is 2.16. The Morgan fingerprint density at radius 3 is 2.84 bits per heavy atom. The average Bonchev–Trinajstić information content (AvgIpc) is 2.72. The Hall–Kier alpha value is -2.70. The predicted molar refractivity (Wildman–Crippen MR) is 67.8 cm³/mol. The molecule has 96 valence electrons. The lowest BCUT2D eigenvalue weighted by molar-refractivity contribution is 0.432. The number of aromatic nitrogens is 4. The third-order valence-electron chi connectivity index (χ3n) is 2.87. The zero-order valence-corrected chi connectivity index (χ0v) is 10.0. The molecule has 1 aromatic carbocycles. The number of hydrogen-bond donors (Lipinski definition) is 2. The maximum Gasteiger partial charge on any atom is 0.164 e. The van der Waals surface area contributed by atoms with Crippen LogP contribution in [0.2, 0.25) is 0 Å². The van der Waals surface area contributed by atoms with Crippen molar-refractivity contribution in [2.45, 2.75) is 0 Å². The highest BCUT2D eigenvalue weighted by Crippen LogP contribution is 2.31. The number of nitrogen functional groups attached to an aromatic ring is 1. The van der Waals surface area contributed by atoms with E-state index < -0.39 is 11.6 Å². The van der Waals surface area contributed by atoms with Gasteiger partial charge in [0.15, 0.2) is 17.2 Å². The molecule has 0 spiro atoms. The Bertz CT molecular complexity index is 783. The van der Waals surface area contributed by atoms with Crippen LogP contribution < -0.4 is 5.73 Å². The van der Waals surface area contributed by atoms with Gasteiger partial charge in [0.05, 0.1) is 5.39 Å². The normalized spacial score (nSPS) is 11.1. The smallest absolute Gasteiger partial charge is 0.164 e. The van der Waals surface area contributed by atoms with Crippen LogP contribution in [0.4, 0.5) is 10.2 Å². The second kappa shape index (κ2) is 3.91. The summed E-state index contributed by atoms with van der Waals surface area (Å²) in [5.74, 6) is -0.836. The summed E-state index contributed by atoms with van der Waals surface area (Å²) in [4.78, 5) is 8.02. The zero-order chi connectivity index (χ0) is 13.6. The molecule has 2 heterocycles. The number of nitrogens with zero attached hydrogens (tertiary/aromatic N) is 4. The number of hydrogen-bond acceptors (Lipinski definition) is 5. The number of phenolic OH excluding ortho intramolecular Hbond substituents is 1. The molecule has 0 fully saturated rings. The summed E-state index contributed by atoms with van der Waals surface area (Å²) in [7, 11) is 1.72. The molecule has 3 N–H and O–H groups in total. The number of benzene rings is 1. The molecule has 7 heteroatoms. The molecule has 3 rings (SSSR count). The lowest BCUT2D eigenvalue weighted by atomic mass is 10.1. The van der Waals surface area contributed by atoms with E-state index in [9.17, 15) is 9.50 Å². The minimum atomic E-state index is -0.687. The topological polar surface area (TPSA) is 89.8 Å². The van der Waals surface area contributed by atoms with Gasteiger partial charge in [-0.2, -0.15) is 5.10 Å². The monoisotopic (exact) mass is 259 g/mol. The molecule has 0 aliphatic carbocycles. The van der Waals surface area contributed by atoms with Crippen LogP contribution in [0.15, 0.2) is 24.5 Å². The summed E-state index contributed by atoms with van der Waals surface area (Å²) >= 11 is 0. The number of fused-ring (bicyclic) bond motifs is 1. The molecule has 0 aliphatic rings. The van der Waals surface area contributed by atoms with Gasteiger partial charge in [-0.25, -0.2) is 19.0 Å². The minimum Gasteiger partial charge on any atom is -0.505 e. The second-order valence-electron chi connectivity index (χ2n) is 4.10. The number of halogens is 1. The predicted octanol–water partition coefficient (Wildman–Crippen LogP) is 1.46. The first-order chi connectivity index (χ1) is 9.08. The third kappa shape index (κ3) is 1.67. The Morgan fingerprint density at radius 2 is 2.11 bits per heavy atom. The van der Waals surface area contributed by atoms with E-state index in [1.54, 1.807) is 11.7 Å². The standard InChI is InChI=1S/C12H10FN5O/c1-18-12-9(11(14)15-5-16-12)10(17-18)6-2-3-7(13)8(19)4-6/h2-5,19H,1H3,(H2,14,15,16). The SMILES string of the molecule is Cn1nc(-c2ccc(F)c(O)c2)c2c(N)ncnc21. The van der Waals surface area contributed by atoms with Gasteiger partial charge in [0.1, 0.15) is 17.8 Å². The molecule has 0 saturated carbocycles. The largest absolute Gasteiger partial charge is 0.505 e. The molecule has 0 radical (unpaired) electrons. The number of nitrogens with two attached hydrogens (primary N) is 1. The van der Waals surface area contributed by atoms with Crippen LogP contribution in [0, 0.1) is 5.82 Å². The van der Waals surface area contributed by atoms with Crippen molar-refractivity contribution in [2.75, 3.05) is 5.73 Å². The second-order valence-corrected chi connectivity index (χ2v) is 4.10. The highest BCUT2D eigenvalue weighted by molar-refractivity contribution is 5.98. The average molecular weight is 259 g/mol. The van der Waals surface area contributed by atoms with Crippen molar-refractivity contribution in [1.29, 1.82) is 0 Å². The van der Waals surface area contributed by atoms with Gasteiger partial charge in [-0.3, -0.25) is 0 Å². The van der Waals surface area contributed by atoms with E-state index in [1.165, 1.54) is 24.5 Å². The zero-order valence-electron chi connectivity index (χ0n) is 10.0. The van der Waals surface area contributed by atoms with Crippen LogP contribution in [0.5, 0.6) is 5.75 Å². The molecule has 19 heavy (non-hydrogen) atoms. The Kier molecular flexibility index (Phi) is 2.34. The first-order valence-corrected chi connectivity index (χ1v) is 5.50. The van der Waals surface area contributed by atoms with Gasteiger partial charge >= 0.3 is 0 Å². The molecule has 0 unspecified atom stereocenters.